The normalized spacial score (nSPS) is 10.3. The Morgan fingerprint density at radius 2 is 1.68 bits per heavy atom. The summed E-state index contributed by atoms with van der Waals surface area (Å²) in [4.78, 5) is 23.3. The largest absolute Gasteiger partial charge is 0.461 e. The van der Waals surface area contributed by atoms with E-state index in [4.69, 9.17) is 4.74 Å². The highest BCUT2D eigenvalue weighted by Gasteiger charge is 2.14. The predicted octanol–water partition coefficient (Wildman–Crippen LogP) is 3.67. The summed E-state index contributed by atoms with van der Waals surface area (Å²) in [5.74, 6) is -2.78. The summed E-state index contributed by atoms with van der Waals surface area (Å²) in [5.41, 5.74) is 0.615. The van der Waals surface area contributed by atoms with Crippen molar-refractivity contribution in [1.29, 1.82) is 0 Å². The van der Waals surface area contributed by atoms with E-state index in [1.807, 2.05) is 30.3 Å². The first-order chi connectivity index (χ1) is 10.6. The van der Waals surface area contributed by atoms with Gasteiger partial charge in [0.2, 0.25) is 0 Å². The molecule has 2 aromatic carbocycles. The molecule has 0 aliphatic heterocycles. The molecule has 0 bridgehead atoms. The summed E-state index contributed by atoms with van der Waals surface area (Å²) < 4.78 is 31.2. The van der Waals surface area contributed by atoms with Crippen LogP contribution in [0, 0.1) is 11.6 Å². The molecule has 0 N–H and O–H groups in total. The fourth-order valence-electron chi connectivity index (χ4n) is 1.88. The average Bonchev–Trinajstić information content (AvgIpc) is 2.51. The molecule has 0 atom stereocenters. The van der Waals surface area contributed by atoms with E-state index in [9.17, 15) is 18.4 Å². The molecule has 22 heavy (non-hydrogen) atoms. The average molecular weight is 304 g/mol. The summed E-state index contributed by atoms with van der Waals surface area (Å²) in [5, 5.41) is 0. The van der Waals surface area contributed by atoms with Crippen molar-refractivity contribution in [3.8, 4) is 0 Å². The Labute approximate surface area is 126 Å². The molecule has 0 aromatic heterocycles. The highest BCUT2D eigenvalue weighted by Crippen LogP contribution is 2.13. The molecule has 0 saturated heterocycles. The zero-order chi connectivity index (χ0) is 15.9. The summed E-state index contributed by atoms with van der Waals surface area (Å²) >= 11 is 0. The van der Waals surface area contributed by atoms with Crippen LogP contribution in [0.15, 0.2) is 48.5 Å². The molecule has 0 radical (unpaired) electrons. The molecule has 0 fully saturated rings. The van der Waals surface area contributed by atoms with E-state index in [-0.39, 0.29) is 25.0 Å². The zero-order valence-electron chi connectivity index (χ0n) is 11.7. The van der Waals surface area contributed by atoms with Gasteiger partial charge in [-0.1, -0.05) is 30.3 Å². The van der Waals surface area contributed by atoms with Crippen LogP contribution in [0.25, 0.3) is 0 Å². The lowest BCUT2D eigenvalue weighted by atomic mass is 10.1. The molecular weight excluding hydrogens is 290 g/mol. The quantitative estimate of drug-likeness (QED) is 0.604. The molecule has 0 unspecified atom stereocenters. The maximum atomic E-state index is 13.4. The van der Waals surface area contributed by atoms with Crippen molar-refractivity contribution in [2.45, 2.75) is 19.4 Å². The molecule has 2 rings (SSSR count). The maximum Gasteiger partial charge on any atom is 0.306 e. The Kier molecular flexibility index (Phi) is 5.36. The van der Waals surface area contributed by atoms with Gasteiger partial charge in [-0.05, 0) is 17.7 Å². The SMILES string of the molecule is O=C(CCC(=O)c1ccc(F)cc1F)OCc1ccccc1. The number of Topliss-reactive ketones (excluding diaryl/α,β-unsaturated/α-hetero) is 1. The van der Waals surface area contributed by atoms with Gasteiger partial charge in [0.05, 0.1) is 12.0 Å². The number of ether oxygens (including phenoxy) is 1. The number of benzene rings is 2. The number of carbonyl (C=O) groups is 2. The third kappa shape index (κ3) is 4.48. The number of carbonyl (C=O) groups excluding carboxylic acids is 2. The number of hydrogen-bond donors (Lipinski definition) is 0. The minimum Gasteiger partial charge on any atom is -0.461 e. The molecular formula is C17H14F2O3. The van der Waals surface area contributed by atoms with Crippen LogP contribution in [0.2, 0.25) is 0 Å². The van der Waals surface area contributed by atoms with Crippen molar-refractivity contribution in [3.63, 3.8) is 0 Å². The minimum absolute atomic E-state index is 0.124. The van der Waals surface area contributed by atoms with Gasteiger partial charge in [-0.2, -0.15) is 0 Å². The second-order valence-electron chi connectivity index (χ2n) is 4.69. The molecule has 0 heterocycles. The number of ketones is 1. The van der Waals surface area contributed by atoms with Gasteiger partial charge < -0.3 is 4.74 Å². The molecule has 0 saturated carbocycles. The maximum absolute atomic E-state index is 13.4. The Hall–Kier alpha value is -2.56. The minimum atomic E-state index is -0.928. The van der Waals surface area contributed by atoms with Crippen LogP contribution in [0.5, 0.6) is 0 Å². The van der Waals surface area contributed by atoms with E-state index in [1.165, 1.54) is 0 Å². The Morgan fingerprint density at radius 1 is 0.955 bits per heavy atom. The Morgan fingerprint density at radius 3 is 2.36 bits per heavy atom. The van der Waals surface area contributed by atoms with Crippen LogP contribution in [0.3, 0.4) is 0 Å². The van der Waals surface area contributed by atoms with Crippen LogP contribution in [0.4, 0.5) is 8.78 Å². The second-order valence-corrected chi connectivity index (χ2v) is 4.69. The van der Waals surface area contributed by atoms with Crippen molar-refractivity contribution in [1.82, 2.24) is 0 Å². The number of esters is 1. The van der Waals surface area contributed by atoms with E-state index in [0.717, 1.165) is 17.7 Å². The molecule has 114 valence electrons. The fraction of sp³-hybridized carbons (Fsp3) is 0.176. The lowest BCUT2D eigenvalue weighted by Gasteiger charge is -2.05. The van der Waals surface area contributed by atoms with Gasteiger partial charge in [-0.15, -0.1) is 0 Å². The predicted molar refractivity (Wildman–Crippen MR) is 76.2 cm³/mol. The third-order valence-electron chi connectivity index (χ3n) is 3.03. The Balaban J connectivity index is 1.82. The van der Waals surface area contributed by atoms with Gasteiger partial charge in [0.1, 0.15) is 18.2 Å². The first-order valence-electron chi connectivity index (χ1n) is 6.74. The molecule has 5 heteroatoms. The van der Waals surface area contributed by atoms with Crippen LogP contribution < -0.4 is 0 Å². The third-order valence-corrected chi connectivity index (χ3v) is 3.03. The van der Waals surface area contributed by atoms with Crippen LogP contribution in [-0.2, 0) is 16.1 Å². The van der Waals surface area contributed by atoms with Crippen molar-refractivity contribution in [3.05, 3.63) is 71.3 Å². The molecule has 0 aliphatic rings. The van der Waals surface area contributed by atoms with E-state index in [0.29, 0.717) is 6.07 Å². The van der Waals surface area contributed by atoms with Crippen molar-refractivity contribution in [2.24, 2.45) is 0 Å². The van der Waals surface area contributed by atoms with Gasteiger partial charge in [-0.3, -0.25) is 9.59 Å². The fourth-order valence-corrected chi connectivity index (χ4v) is 1.88. The lowest BCUT2D eigenvalue weighted by Crippen LogP contribution is -2.09. The number of halogens is 2. The highest BCUT2D eigenvalue weighted by atomic mass is 19.1. The van der Waals surface area contributed by atoms with E-state index < -0.39 is 23.4 Å². The van der Waals surface area contributed by atoms with Gasteiger partial charge in [-0.25, -0.2) is 8.78 Å². The van der Waals surface area contributed by atoms with Crippen LogP contribution >= 0.6 is 0 Å². The van der Waals surface area contributed by atoms with Gasteiger partial charge in [0, 0.05) is 12.5 Å². The summed E-state index contributed by atoms with van der Waals surface area (Å²) in [7, 11) is 0. The lowest BCUT2D eigenvalue weighted by molar-refractivity contribution is -0.144. The molecule has 2 aromatic rings. The molecule has 3 nitrogen and oxygen atoms in total. The van der Waals surface area contributed by atoms with Crippen LogP contribution in [0.1, 0.15) is 28.8 Å². The van der Waals surface area contributed by atoms with E-state index in [2.05, 4.69) is 0 Å². The van der Waals surface area contributed by atoms with Crippen LogP contribution in [-0.4, -0.2) is 11.8 Å². The van der Waals surface area contributed by atoms with Gasteiger partial charge in [0.25, 0.3) is 0 Å². The highest BCUT2D eigenvalue weighted by molar-refractivity contribution is 5.97. The van der Waals surface area contributed by atoms with Gasteiger partial charge in [0.15, 0.2) is 5.78 Å². The summed E-state index contributed by atoms with van der Waals surface area (Å²) in [6.45, 7) is 0.124. The van der Waals surface area contributed by atoms with Crippen molar-refractivity contribution >= 4 is 11.8 Å². The monoisotopic (exact) mass is 304 g/mol. The first-order valence-corrected chi connectivity index (χ1v) is 6.74. The summed E-state index contributed by atoms with van der Waals surface area (Å²) in [6.07, 6.45) is -0.335. The van der Waals surface area contributed by atoms with Crippen molar-refractivity contribution in [2.75, 3.05) is 0 Å². The number of hydrogen-bond acceptors (Lipinski definition) is 3. The molecule has 0 spiro atoms. The van der Waals surface area contributed by atoms with Gasteiger partial charge >= 0.3 is 5.97 Å². The second kappa shape index (κ2) is 7.45. The zero-order valence-corrected chi connectivity index (χ0v) is 11.7. The standard InChI is InChI=1S/C17H14F2O3/c18-13-6-7-14(15(19)10-13)16(20)8-9-17(21)22-11-12-4-2-1-3-5-12/h1-7,10H,8-9,11H2. The molecule has 0 aliphatic carbocycles. The topological polar surface area (TPSA) is 43.4 Å². The van der Waals surface area contributed by atoms with E-state index >= 15 is 0 Å². The summed E-state index contributed by atoms with van der Waals surface area (Å²) in [6, 6.07) is 11.8. The smallest absolute Gasteiger partial charge is 0.306 e. The number of rotatable bonds is 6. The molecule has 0 amide bonds. The van der Waals surface area contributed by atoms with Crippen molar-refractivity contribution < 1.29 is 23.1 Å². The first kappa shape index (κ1) is 15.8. The Bertz CT molecular complexity index is 669. The van der Waals surface area contributed by atoms with E-state index in [1.54, 1.807) is 0 Å².